The molecule has 0 radical (unpaired) electrons. The Bertz CT molecular complexity index is 582. The molecule has 0 saturated heterocycles. The zero-order valence-electron chi connectivity index (χ0n) is 9.17. The van der Waals surface area contributed by atoms with E-state index in [1.165, 1.54) is 4.70 Å². The van der Waals surface area contributed by atoms with E-state index in [4.69, 9.17) is 10.2 Å². The minimum atomic E-state index is -0.120. The van der Waals surface area contributed by atoms with Gasteiger partial charge in [0.05, 0.1) is 27.5 Å². The van der Waals surface area contributed by atoms with Gasteiger partial charge >= 0.3 is 0 Å². The zero-order valence-corrected chi connectivity index (χ0v) is 9.98. The Balaban J connectivity index is 1.85. The van der Waals surface area contributed by atoms with E-state index in [2.05, 4.69) is 11.1 Å². The highest BCUT2D eigenvalue weighted by Crippen LogP contribution is 2.25. The van der Waals surface area contributed by atoms with Crippen molar-refractivity contribution in [1.29, 1.82) is 0 Å². The van der Waals surface area contributed by atoms with Crippen LogP contribution in [0.15, 0.2) is 47.1 Å². The highest BCUT2D eigenvalue weighted by molar-refractivity contribution is 7.18. The number of thiazole rings is 1. The summed E-state index contributed by atoms with van der Waals surface area (Å²) in [6.45, 7) is 0. The molecule has 2 heterocycles. The lowest BCUT2D eigenvalue weighted by Crippen LogP contribution is -2.12. The second-order valence-electron chi connectivity index (χ2n) is 3.90. The first-order chi connectivity index (χ1) is 8.33. The van der Waals surface area contributed by atoms with E-state index in [1.807, 2.05) is 30.3 Å². The summed E-state index contributed by atoms with van der Waals surface area (Å²) in [4.78, 5) is 4.56. The van der Waals surface area contributed by atoms with Crippen molar-refractivity contribution in [2.45, 2.75) is 12.5 Å². The van der Waals surface area contributed by atoms with E-state index in [0.717, 1.165) is 16.3 Å². The third-order valence-electron chi connectivity index (χ3n) is 2.64. The molecule has 0 bridgehead atoms. The van der Waals surface area contributed by atoms with Crippen LogP contribution in [-0.2, 0) is 6.42 Å². The molecular weight excluding hydrogens is 232 g/mol. The van der Waals surface area contributed by atoms with Crippen LogP contribution < -0.4 is 5.73 Å². The predicted molar refractivity (Wildman–Crippen MR) is 69.0 cm³/mol. The van der Waals surface area contributed by atoms with Crippen molar-refractivity contribution in [3.05, 3.63) is 53.4 Å². The van der Waals surface area contributed by atoms with E-state index in [-0.39, 0.29) is 6.04 Å². The maximum absolute atomic E-state index is 6.07. The van der Waals surface area contributed by atoms with Crippen molar-refractivity contribution >= 4 is 21.6 Å². The summed E-state index contributed by atoms with van der Waals surface area (Å²) < 4.78 is 6.50. The van der Waals surface area contributed by atoms with Gasteiger partial charge in [0.25, 0.3) is 0 Å². The topological polar surface area (TPSA) is 52.0 Å². The first-order valence-electron chi connectivity index (χ1n) is 5.46. The Morgan fingerprint density at radius 3 is 2.88 bits per heavy atom. The molecule has 0 aliphatic rings. The molecule has 1 atom stereocenters. The van der Waals surface area contributed by atoms with Gasteiger partial charge in [-0.2, -0.15) is 0 Å². The Kier molecular flexibility index (Phi) is 2.66. The van der Waals surface area contributed by atoms with Gasteiger partial charge in [0.2, 0.25) is 0 Å². The van der Waals surface area contributed by atoms with E-state index < -0.39 is 0 Å². The van der Waals surface area contributed by atoms with Crippen molar-refractivity contribution in [2.75, 3.05) is 0 Å². The molecule has 3 rings (SSSR count). The van der Waals surface area contributed by atoms with Gasteiger partial charge in [0.15, 0.2) is 0 Å². The molecule has 0 fully saturated rings. The summed E-state index contributed by atoms with van der Waals surface area (Å²) in [6.07, 6.45) is 2.36. The molecule has 17 heavy (non-hydrogen) atoms. The maximum atomic E-state index is 6.07. The van der Waals surface area contributed by atoms with Crippen LogP contribution in [-0.4, -0.2) is 4.98 Å². The third kappa shape index (κ3) is 2.09. The van der Waals surface area contributed by atoms with Crippen LogP contribution in [0.5, 0.6) is 0 Å². The number of hydrogen-bond donors (Lipinski definition) is 1. The fourth-order valence-corrected chi connectivity index (χ4v) is 2.82. The molecule has 2 aromatic heterocycles. The van der Waals surface area contributed by atoms with E-state index >= 15 is 0 Å². The van der Waals surface area contributed by atoms with Crippen molar-refractivity contribution in [2.24, 2.45) is 5.73 Å². The number of para-hydroxylation sites is 1. The standard InChI is InChI=1S/C13H12N2OS/c14-9(11-5-3-7-16-11)8-13-15-10-4-1-2-6-12(10)17-13/h1-7,9H,8,14H2. The van der Waals surface area contributed by atoms with Crippen molar-refractivity contribution in [1.82, 2.24) is 4.98 Å². The largest absolute Gasteiger partial charge is 0.468 e. The van der Waals surface area contributed by atoms with Crippen molar-refractivity contribution in [3.8, 4) is 0 Å². The minimum Gasteiger partial charge on any atom is -0.468 e. The fourth-order valence-electron chi connectivity index (χ4n) is 1.80. The molecular formula is C13H12N2OS. The van der Waals surface area contributed by atoms with Gasteiger partial charge in [-0.3, -0.25) is 0 Å². The zero-order chi connectivity index (χ0) is 11.7. The Hall–Kier alpha value is -1.65. The maximum Gasteiger partial charge on any atom is 0.120 e. The molecule has 0 saturated carbocycles. The quantitative estimate of drug-likeness (QED) is 0.770. The van der Waals surface area contributed by atoms with Gasteiger partial charge < -0.3 is 10.2 Å². The molecule has 1 unspecified atom stereocenters. The van der Waals surface area contributed by atoms with Crippen LogP contribution in [0.3, 0.4) is 0 Å². The predicted octanol–water partition coefficient (Wildman–Crippen LogP) is 3.13. The van der Waals surface area contributed by atoms with Gasteiger partial charge in [0, 0.05) is 6.42 Å². The van der Waals surface area contributed by atoms with Crippen LogP contribution >= 0.6 is 11.3 Å². The van der Waals surface area contributed by atoms with E-state index in [9.17, 15) is 0 Å². The molecule has 4 heteroatoms. The molecule has 86 valence electrons. The Morgan fingerprint density at radius 2 is 2.12 bits per heavy atom. The van der Waals surface area contributed by atoms with E-state index in [1.54, 1.807) is 17.6 Å². The minimum absolute atomic E-state index is 0.120. The summed E-state index contributed by atoms with van der Waals surface area (Å²) in [7, 11) is 0. The summed E-state index contributed by atoms with van der Waals surface area (Å²) >= 11 is 1.69. The van der Waals surface area contributed by atoms with Crippen molar-refractivity contribution in [3.63, 3.8) is 0 Å². The number of nitrogens with two attached hydrogens (primary N) is 1. The van der Waals surface area contributed by atoms with Gasteiger partial charge in [0.1, 0.15) is 5.76 Å². The number of benzene rings is 1. The smallest absolute Gasteiger partial charge is 0.120 e. The van der Waals surface area contributed by atoms with Gasteiger partial charge in [-0.05, 0) is 24.3 Å². The molecule has 3 aromatic rings. The molecule has 3 nitrogen and oxygen atoms in total. The Labute approximate surface area is 103 Å². The van der Waals surface area contributed by atoms with Gasteiger partial charge in [-0.25, -0.2) is 4.98 Å². The Morgan fingerprint density at radius 1 is 1.24 bits per heavy atom. The van der Waals surface area contributed by atoms with Crippen LogP contribution in [0.2, 0.25) is 0 Å². The molecule has 0 aliphatic carbocycles. The summed E-state index contributed by atoms with van der Waals surface area (Å²) in [6, 6.07) is 11.8. The first-order valence-corrected chi connectivity index (χ1v) is 6.28. The summed E-state index contributed by atoms with van der Waals surface area (Å²) in [5.41, 5.74) is 7.11. The second kappa shape index (κ2) is 4.31. The molecule has 1 aromatic carbocycles. The SMILES string of the molecule is NC(Cc1nc2ccccc2s1)c1ccco1. The summed E-state index contributed by atoms with van der Waals surface area (Å²) in [5.74, 6) is 0.809. The van der Waals surface area contributed by atoms with Crippen molar-refractivity contribution < 1.29 is 4.42 Å². The summed E-state index contributed by atoms with van der Waals surface area (Å²) in [5, 5.41) is 1.05. The van der Waals surface area contributed by atoms with Crippen LogP contribution in [0.25, 0.3) is 10.2 Å². The average molecular weight is 244 g/mol. The highest BCUT2D eigenvalue weighted by Gasteiger charge is 2.12. The number of hydrogen-bond acceptors (Lipinski definition) is 4. The monoisotopic (exact) mass is 244 g/mol. The lowest BCUT2D eigenvalue weighted by molar-refractivity contribution is 0.464. The van der Waals surface area contributed by atoms with Gasteiger partial charge in [-0.15, -0.1) is 11.3 Å². The molecule has 2 N–H and O–H groups in total. The van der Waals surface area contributed by atoms with Crippen LogP contribution in [0.1, 0.15) is 16.8 Å². The van der Waals surface area contributed by atoms with Gasteiger partial charge in [-0.1, -0.05) is 12.1 Å². The number of nitrogens with zero attached hydrogens (tertiary/aromatic N) is 1. The number of furan rings is 1. The van der Waals surface area contributed by atoms with E-state index in [0.29, 0.717) is 6.42 Å². The number of aromatic nitrogens is 1. The third-order valence-corrected chi connectivity index (χ3v) is 3.70. The molecule has 0 amide bonds. The fraction of sp³-hybridized carbons (Fsp3) is 0.154. The average Bonchev–Trinajstić information content (AvgIpc) is 2.97. The highest BCUT2D eigenvalue weighted by atomic mass is 32.1. The number of rotatable bonds is 3. The lowest BCUT2D eigenvalue weighted by atomic mass is 10.2. The first kappa shape index (κ1) is 10.5. The second-order valence-corrected chi connectivity index (χ2v) is 5.02. The molecule has 0 spiro atoms. The van der Waals surface area contributed by atoms with Crippen LogP contribution in [0.4, 0.5) is 0 Å². The lowest BCUT2D eigenvalue weighted by Gasteiger charge is -2.05. The van der Waals surface area contributed by atoms with Crippen LogP contribution in [0, 0.1) is 0 Å². The number of fused-ring (bicyclic) bond motifs is 1. The normalized spacial score (nSPS) is 13.0. The molecule has 0 aliphatic heterocycles.